The van der Waals surface area contributed by atoms with E-state index in [-0.39, 0.29) is 12.0 Å². The van der Waals surface area contributed by atoms with E-state index in [1.54, 1.807) is 0 Å². The predicted octanol–water partition coefficient (Wildman–Crippen LogP) is 3.85. The van der Waals surface area contributed by atoms with Crippen molar-refractivity contribution in [2.24, 2.45) is 5.41 Å². The largest absolute Gasteiger partial charge is 0.491 e. The molecule has 0 fully saturated rings. The molecule has 1 atom stereocenters. The molecule has 1 amide bonds. The van der Waals surface area contributed by atoms with E-state index in [9.17, 15) is 4.79 Å². The molecule has 18 heavy (non-hydrogen) atoms. The van der Waals surface area contributed by atoms with Gasteiger partial charge in [0.2, 0.25) is 5.91 Å². The maximum absolute atomic E-state index is 11.9. The van der Waals surface area contributed by atoms with Gasteiger partial charge in [-0.3, -0.25) is 4.79 Å². The van der Waals surface area contributed by atoms with Crippen LogP contribution in [0.5, 0.6) is 5.75 Å². The summed E-state index contributed by atoms with van der Waals surface area (Å²) in [6.45, 7) is 9.78. The average molecular weight is 249 g/mol. The van der Waals surface area contributed by atoms with Crippen molar-refractivity contribution >= 4 is 11.6 Å². The molecule has 1 rings (SSSR count). The van der Waals surface area contributed by atoms with E-state index in [4.69, 9.17) is 4.74 Å². The van der Waals surface area contributed by atoms with Gasteiger partial charge >= 0.3 is 0 Å². The monoisotopic (exact) mass is 249 g/mol. The molecule has 0 aliphatic rings. The Morgan fingerprint density at radius 1 is 1.39 bits per heavy atom. The van der Waals surface area contributed by atoms with E-state index in [1.807, 2.05) is 52.0 Å². The molecule has 1 aromatic carbocycles. The van der Waals surface area contributed by atoms with Gasteiger partial charge in [0.05, 0.1) is 6.10 Å². The molecule has 3 heteroatoms. The number of ether oxygens (including phenoxy) is 1. The topological polar surface area (TPSA) is 38.3 Å². The third kappa shape index (κ3) is 4.40. The van der Waals surface area contributed by atoms with Gasteiger partial charge in [-0.25, -0.2) is 0 Å². The highest BCUT2D eigenvalue weighted by atomic mass is 16.5. The maximum Gasteiger partial charge on any atom is 0.229 e. The number of carbonyl (C=O) groups is 1. The van der Waals surface area contributed by atoms with Crippen molar-refractivity contribution in [2.75, 3.05) is 5.32 Å². The first-order chi connectivity index (χ1) is 8.32. The first-order valence-electron chi connectivity index (χ1n) is 6.41. The SMILES string of the molecule is CCC(C)Oc1cccc(NC(=O)C(C)(C)C)c1. The number of hydrogen-bond acceptors (Lipinski definition) is 2. The number of hydrogen-bond donors (Lipinski definition) is 1. The highest BCUT2D eigenvalue weighted by Gasteiger charge is 2.21. The minimum absolute atomic E-state index is 0.00295. The zero-order chi connectivity index (χ0) is 13.8. The van der Waals surface area contributed by atoms with Crippen LogP contribution in [0.2, 0.25) is 0 Å². The lowest BCUT2D eigenvalue weighted by atomic mass is 9.95. The Balaban J connectivity index is 2.74. The van der Waals surface area contributed by atoms with E-state index in [2.05, 4.69) is 12.2 Å². The van der Waals surface area contributed by atoms with Crippen LogP contribution in [0.4, 0.5) is 5.69 Å². The van der Waals surface area contributed by atoms with E-state index in [0.29, 0.717) is 0 Å². The zero-order valence-electron chi connectivity index (χ0n) is 11.9. The zero-order valence-corrected chi connectivity index (χ0v) is 11.9. The molecular weight excluding hydrogens is 226 g/mol. The average Bonchev–Trinajstić information content (AvgIpc) is 2.28. The third-order valence-corrected chi connectivity index (χ3v) is 2.69. The van der Waals surface area contributed by atoms with Gasteiger partial charge in [-0.2, -0.15) is 0 Å². The highest BCUT2D eigenvalue weighted by molar-refractivity contribution is 5.94. The molecular formula is C15H23NO2. The Labute approximate surface area is 110 Å². The van der Waals surface area contributed by atoms with Crippen molar-refractivity contribution < 1.29 is 9.53 Å². The Morgan fingerprint density at radius 3 is 2.61 bits per heavy atom. The van der Waals surface area contributed by atoms with Gasteiger partial charge in [0.25, 0.3) is 0 Å². The van der Waals surface area contributed by atoms with E-state index < -0.39 is 5.41 Å². The van der Waals surface area contributed by atoms with Gasteiger partial charge in [0, 0.05) is 17.2 Å². The molecule has 0 saturated heterocycles. The Kier molecular flexibility index (Phi) is 4.76. The number of amides is 1. The van der Waals surface area contributed by atoms with Crippen molar-refractivity contribution in [3.63, 3.8) is 0 Å². The maximum atomic E-state index is 11.9. The Bertz CT molecular complexity index is 407. The van der Waals surface area contributed by atoms with E-state index >= 15 is 0 Å². The van der Waals surface area contributed by atoms with Gasteiger partial charge in [-0.05, 0) is 25.5 Å². The van der Waals surface area contributed by atoms with Gasteiger partial charge < -0.3 is 10.1 Å². The second kappa shape index (κ2) is 5.89. The number of nitrogens with one attached hydrogen (secondary N) is 1. The first-order valence-corrected chi connectivity index (χ1v) is 6.41. The molecule has 3 nitrogen and oxygen atoms in total. The molecule has 1 aromatic rings. The lowest BCUT2D eigenvalue weighted by Gasteiger charge is -2.18. The quantitative estimate of drug-likeness (QED) is 0.880. The van der Waals surface area contributed by atoms with Crippen LogP contribution in [0, 0.1) is 5.41 Å². The molecule has 0 spiro atoms. The van der Waals surface area contributed by atoms with Gasteiger partial charge in [0.15, 0.2) is 0 Å². The number of carbonyl (C=O) groups excluding carboxylic acids is 1. The van der Waals surface area contributed by atoms with Gasteiger partial charge in [0.1, 0.15) is 5.75 Å². The number of rotatable bonds is 4. The summed E-state index contributed by atoms with van der Waals surface area (Å²) in [4.78, 5) is 11.9. The molecule has 0 saturated carbocycles. The molecule has 1 N–H and O–H groups in total. The van der Waals surface area contributed by atoms with Crippen molar-refractivity contribution in [3.8, 4) is 5.75 Å². The van der Waals surface area contributed by atoms with Crippen LogP contribution >= 0.6 is 0 Å². The molecule has 0 radical (unpaired) electrons. The lowest BCUT2D eigenvalue weighted by Crippen LogP contribution is -2.27. The van der Waals surface area contributed by atoms with Crippen LogP contribution in [0.15, 0.2) is 24.3 Å². The van der Waals surface area contributed by atoms with E-state index in [0.717, 1.165) is 17.9 Å². The van der Waals surface area contributed by atoms with Gasteiger partial charge in [-0.15, -0.1) is 0 Å². The molecule has 0 aliphatic heterocycles. The summed E-state index contributed by atoms with van der Waals surface area (Å²) in [7, 11) is 0. The summed E-state index contributed by atoms with van der Waals surface area (Å²) in [5.74, 6) is 0.791. The van der Waals surface area contributed by atoms with Crippen molar-refractivity contribution in [3.05, 3.63) is 24.3 Å². The van der Waals surface area contributed by atoms with Crippen molar-refractivity contribution in [1.82, 2.24) is 0 Å². The lowest BCUT2D eigenvalue weighted by molar-refractivity contribution is -0.123. The minimum atomic E-state index is -0.395. The predicted molar refractivity (Wildman–Crippen MR) is 74.9 cm³/mol. The van der Waals surface area contributed by atoms with Crippen LogP contribution in [-0.4, -0.2) is 12.0 Å². The smallest absolute Gasteiger partial charge is 0.229 e. The molecule has 100 valence electrons. The van der Waals surface area contributed by atoms with Crippen LogP contribution in [-0.2, 0) is 4.79 Å². The normalized spacial score (nSPS) is 12.9. The number of anilines is 1. The summed E-state index contributed by atoms with van der Waals surface area (Å²) >= 11 is 0. The molecule has 0 heterocycles. The molecule has 0 aliphatic carbocycles. The van der Waals surface area contributed by atoms with Crippen LogP contribution in [0.1, 0.15) is 41.0 Å². The van der Waals surface area contributed by atoms with Crippen LogP contribution in [0.25, 0.3) is 0 Å². The van der Waals surface area contributed by atoms with Crippen LogP contribution < -0.4 is 10.1 Å². The van der Waals surface area contributed by atoms with Crippen molar-refractivity contribution in [1.29, 1.82) is 0 Å². The Morgan fingerprint density at radius 2 is 2.06 bits per heavy atom. The fourth-order valence-electron chi connectivity index (χ4n) is 1.28. The fourth-order valence-corrected chi connectivity index (χ4v) is 1.28. The molecule has 0 aromatic heterocycles. The second-order valence-corrected chi connectivity index (χ2v) is 5.57. The van der Waals surface area contributed by atoms with Crippen LogP contribution in [0.3, 0.4) is 0 Å². The minimum Gasteiger partial charge on any atom is -0.491 e. The van der Waals surface area contributed by atoms with E-state index in [1.165, 1.54) is 0 Å². The highest BCUT2D eigenvalue weighted by Crippen LogP contribution is 2.22. The first kappa shape index (κ1) is 14.6. The summed E-state index contributed by atoms with van der Waals surface area (Å²) in [6, 6.07) is 7.51. The van der Waals surface area contributed by atoms with Gasteiger partial charge in [-0.1, -0.05) is 33.8 Å². The molecule has 0 bridgehead atoms. The fraction of sp³-hybridized carbons (Fsp3) is 0.533. The second-order valence-electron chi connectivity index (χ2n) is 5.57. The summed E-state index contributed by atoms with van der Waals surface area (Å²) < 4.78 is 5.72. The summed E-state index contributed by atoms with van der Waals surface area (Å²) in [6.07, 6.45) is 1.14. The summed E-state index contributed by atoms with van der Waals surface area (Å²) in [5.41, 5.74) is 0.379. The van der Waals surface area contributed by atoms with Crippen molar-refractivity contribution in [2.45, 2.75) is 47.1 Å². The summed E-state index contributed by atoms with van der Waals surface area (Å²) in [5, 5.41) is 2.89. The standard InChI is InChI=1S/C15H23NO2/c1-6-11(2)18-13-9-7-8-12(10-13)16-14(17)15(3,4)5/h7-11H,6H2,1-5H3,(H,16,17). The number of benzene rings is 1. The third-order valence-electron chi connectivity index (χ3n) is 2.69. The Hall–Kier alpha value is -1.51. The molecule has 1 unspecified atom stereocenters.